The Labute approximate surface area is 173 Å². The Morgan fingerprint density at radius 2 is 1.93 bits per heavy atom. The molecule has 2 amide bonds. The van der Waals surface area contributed by atoms with Crippen molar-refractivity contribution < 1.29 is 9.59 Å². The normalized spacial score (nSPS) is 16.7. The minimum absolute atomic E-state index is 0.137. The number of primary amides is 1. The molecule has 0 spiro atoms. The standard InChI is InChI=1S/C21H24N6O3/c1-13-6-14(2)8-16(7-13)27-20-17(9-24-27)21(30)26(12-23-20)11-18(28)25-5-3-4-15(10-25)19(22)29/h6-9,12,15H,3-5,10-11H2,1-2H3,(H2,22,29). The predicted molar refractivity (Wildman–Crippen MR) is 111 cm³/mol. The van der Waals surface area contributed by atoms with Crippen molar-refractivity contribution in [1.82, 2.24) is 24.2 Å². The number of aromatic nitrogens is 4. The Morgan fingerprint density at radius 3 is 2.63 bits per heavy atom. The van der Waals surface area contributed by atoms with Crippen molar-refractivity contribution in [3.05, 3.63) is 52.2 Å². The minimum atomic E-state index is -0.397. The summed E-state index contributed by atoms with van der Waals surface area (Å²) >= 11 is 0. The van der Waals surface area contributed by atoms with Crippen molar-refractivity contribution in [2.45, 2.75) is 33.2 Å². The number of carbonyl (C=O) groups excluding carboxylic acids is 2. The lowest BCUT2D eigenvalue weighted by Gasteiger charge is -2.31. The summed E-state index contributed by atoms with van der Waals surface area (Å²) in [6, 6.07) is 6.01. The Hall–Kier alpha value is -3.49. The topological polar surface area (TPSA) is 116 Å². The van der Waals surface area contributed by atoms with E-state index in [0.717, 1.165) is 16.8 Å². The zero-order chi connectivity index (χ0) is 21.4. The van der Waals surface area contributed by atoms with Gasteiger partial charge in [0.1, 0.15) is 18.3 Å². The van der Waals surface area contributed by atoms with Crippen LogP contribution in [0.4, 0.5) is 0 Å². The molecule has 9 heteroatoms. The molecule has 1 saturated heterocycles. The first-order valence-corrected chi connectivity index (χ1v) is 9.92. The monoisotopic (exact) mass is 408 g/mol. The Balaban J connectivity index is 1.61. The van der Waals surface area contributed by atoms with Crippen LogP contribution in [0.3, 0.4) is 0 Å². The van der Waals surface area contributed by atoms with E-state index in [1.165, 1.54) is 17.1 Å². The number of amides is 2. The van der Waals surface area contributed by atoms with Gasteiger partial charge in [0, 0.05) is 13.1 Å². The largest absolute Gasteiger partial charge is 0.369 e. The first kappa shape index (κ1) is 19.8. The van der Waals surface area contributed by atoms with Gasteiger partial charge >= 0.3 is 0 Å². The number of piperidine rings is 1. The van der Waals surface area contributed by atoms with Crippen molar-refractivity contribution in [2.24, 2.45) is 11.7 Å². The van der Waals surface area contributed by atoms with Gasteiger partial charge in [0.2, 0.25) is 11.8 Å². The number of hydrogen-bond donors (Lipinski definition) is 1. The molecule has 2 aromatic heterocycles. The van der Waals surface area contributed by atoms with E-state index in [2.05, 4.69) is 16.1 Å². The number of carbonyl (C=O) groups is 2. The Bertz CT molecular complexity index is 1170. The number of benzene rings is 1. The third-order valence-electron chi connectivity index (χ3n) is 5.49. The molecule has 1 unspecified atom stereocenters. The molecule has 4 rings (SSSR count). The van der Waals surface area contributed by atoms with Crippen LogP contribution >= 0.6 is 0 Å². The summed E-state index contributed by atoms with van der Waals surface area (Å²) in [7, 11) is 0. The van der Waals surface area contributed by atoms with Gasteiger partial charge in [0.25, 0.3) is 5.56 Å². The van der Waals surface area contributed by atoms with Gasteiger partial charge in [0.15, 0.2) is 5.65 Å². The number of fused-ring (bicyclic) bond motifs is 1. The highest BCUT2D eigenvalue weighted by Gasteiger charge is 2.27. The molecule has 2 N–H and O–H groups in total. The number of aryl methyl sites for hydroxylation is 2. The summed E-state index contributed by atoms with van der Waals surface area (Å²) in [5.74, 6) is -0.964. The SMILES string of the molecule is Cc1cc(C)cc(-n2ncc3c(=O)n(CC(=O)N4CCCC(C(N)=O)C4)cnc32)c1. The van der Waals surface area contributed by atoms with Crippen LogP contribution in [0.25, 0.3) is 16.7 Å². The number of hydrogen-bond acceptors (Lipinski definition) is 5. The number of nitrogens with zero attached hydrogens (tertiary/aromatic N) is 5. The van der Waals surface area contributed by atoms with E-state index < -0.39 is 5.91 Å². The fourth-order valence-corrected chi connectivity index (χ4v) is 4.00. The smallest absolute Gasteiger partial charge is 0.264 e. The van der Waals surface area contributed by atoms with Gasteiger partial charge < -0.3 is 10.6 Å². The van der Waals surface area contributed by atoms with Gasteiger partial charge in [-0.15, -0.1) is 0 Å². The molecule has 1 aliphatic heterocycles. The summed E-state index contributed by atoms with van der Waals surface area (Å²) in [5, 5.41) is 4.69. The maximum atomic E-state index is 12.9. The molecule has 9 nitrogen and oxygen atoms in total. The molecular weight excluding hydrogens is 384 g/mol. The van der Waals surface area contributed by atoms with Crippen LogP contribution in [0.2, 0.25) is 0 Å². The third kappa shape index (κ3) is 3.70. The summed E-state index contributed by atoms with van der Waals surface area (Å²) in [5.41, 5.74) is 8.51. The van der Waals surface area contributed by atoms with Crippen molar-refractivity contribution in [3.8, 4) is 5.69 Å². The van der Waals surface area contributed by atoms with Crippen LogP contribution in [0, 0.1) is 19.8 Å². The lowest BCUT2D eigenvalue weighted by Crippen LogP contribution is -2.45. The Kier molecular flexibility index (Phi) is 5.11. The van der Waals surface area contributed by atoms with Crippen LogP contribution in [-0.2, 0) is 16.1 Å². The highest BCUT2D eigenvalue weighted by atomic mass is 16.2. The first-order valence-electron chi connectivity index (χ1n) is 9.92. The van der Waals surface area contributed by atoms with Gasteiger partial charge in [-0.2, -0.15) is 5.10 Å². The van der Waals surface area contributed by atoms with E-state index in [0.29, 0.717) is 37.0 Å². The van der Waals surface area contributed by atoms with Crippen LogP contribution in [-0.4, -0.2) is 49.1 Å². The van der Waals surface area contributed by atoms with Crippen LogP contribution in [0.15, 0.2) is 35.5 Å². The van der Waals surface area contributed by atoms with Gasteiger partial charge in [-0.3, -0.25) is 19.0 Å². The molecule has 3 aromatic rings. The van der Waals surface area contributed by atoms with E-state index in [-0.39, 0.29) is 23.9 Å². The molecule has 0 saturated carbocycles. The van der Waals surface area contributed by atoms with E-state index in [4.69, 9.17) is 5.73 Å². The summed E-state index contributed by atoms with van der Waals surface area (Å²) in [4.78, 5) is 43.1. The summed E-state index contributed by atoms with van der Waals surface area (Å²) < 4.78 is 2.91. The van der Waals surface area contributed by atoms with Gasteiger partial charge in [-0.25, -0.2) is 9.67 Å². The second kappa shape index (κ2) is 7.74. The zero-order valence-electron chi connectivity index (χ0n) is 17.0. The summed E-state index contributed by atoms with van der Waals surface area (Å²) in [6.07, 6.45) is 4.25. The number of likely N-dealkylation sites (tertiary alicyclic amines) is 1. The molecule has 3 heterocycles. The molecule has 0 bridgehead atoms. The average molecular weight is 408 g/mol. The van der Waals surface area contributed by atoms with Crippen molar-refractivity contribution in [1.29, 1.82) is 0 Å². The molecule has 1 fully saturated rings. The average Bonchev–Trinajstić information content (AvgIpc) is 3.14. The van der Waals surface area contributed by atoms with Gasteiger partial charge in [-0.1, -0.05) is 6.07 Å². The fourth-order valence-electron chi connectivity index (χ4n) is 4.00. The Morgan fingerprint density at radius 1 is 1.20 bits per heavy atom. The van der Waals surface area contributed by atoms with Crippen molar-refractivity contribution in [2.75, 3.05) is 13.1 Å². The fraction of sp³-hybridized carbons (Fsp3) is 0.381. The molecule has 1 aliphatic rings. The van der Waals surface area contributed by atoms with E-state index in [1.54, 1.807) is 9.58 Å². The summed E-state index contributed by atoms with van der Waals surface area (Å²) in [6.45, 7) is 4.71. The molecule has 156 valence electrons. The lowest BCUT2D eigenvalue weighted by atomic mass is 9.97. The van der Waals surface area contributed by atoms with Crippen LogP contribution in [0.5, 0.6) is 0 Å². The molecular formula is C21H24N6O3. The van der Waals surface area contributed by atoms with Gasteiger partial charge in [-0.05, 0) is 49.9 Å². The molecule has 30 heavy (non-hydrogen) atoms. The van der Waals surface area contributed by atoms with Crippen LogP contribution < -0.4 is 11.3 Å². The molecule has 0 aliphatic carbocycles. The zero-order valence-corrected chi connectivity index (χ0v) is 17.0. The second-order valence-electron chi connectivity index (χ2n) is 7.90. The number of rotatable bonds is 4. The maximum absolute atomic E-state index is 12.9. The molecule has 1 atom stereocenters. The second-order valence-corrected chi connectivity index (χ2v) is 7.90. The van der Waals surface area contributed by atoms with E-state index in [9.17, 15) is 14.4 Å². The lowest BCUT2D eigenvalue weighted by molar-refractivity contribution is -0.135. The van der Waals surface area contributed by atoms with Gasteiger partial charge in [0.05, 0.1) is 17.8 Å². The number of nitrogens with two attached hydrogens (primary N) is 1. The highest BCUT2D eigenvalue weighted by Crippen LogP contribution is 2.18. The van der Waals surface area contributed by atoms with E-state index >= 15 is 0 Å². The minimum Gasteiger partial charge on any atom is -0.369 e. The first-order chi connectivity index (χ1) is 14.3. The quantitative estimate of drug-likeness (QED) is 0.689. The molecule has 0 radical (unpaired) electrons. The van der Waals surface area contributed by atoms with Crippen LogP contribution in [0.1, 0.15) is 24.0 Å². The predicted octanol–water partition coefficient (Wildman–Crippen LogP) is 0.923. The van der Waals surface area contributed by atoms with Crippen molar-refractivity contribution >= 4 is 22.8 Å². The highest BCUT2D eigenvalue weighted by molar-refractivity contribution is 5.80. The molecule has 1 aromatic carbocycles. The van der Waals surface area contributed by atoms with Crippen molar-refractivity contribution in [3.63, 3.8) is 0 Å². The third-order valence-corrected chi connectivity index (χ3v) is 5.49. The van der Waals surface area contributed by atoms with E-state index in [1.807, 2.05) is 26.0 Å². The maximum Gasteiger partial charge on any atom is 0.264 e.